The Bertz CT molecular complexity index is 265. The van der Waals surface area contributed by atoms with Gasteiger partial charge in [0.05, 0.1) is 6.61 Å². The fraction of sp³-hybridized carbons (Fsp3) is 0.429. The smallest absolute Gasteiger partial charge is 0.258 e. The lowest BCUT2D eigenvalue weighted by molar-refractivity contribution is 0.200. The molecule has 1 rings (SSSR count). The summed E-state index contributed by atoms with van der Waals surface area (Å²) in [6.07, 6.45) is 2.70. The molecule has 1 heterocycles. The van der Waals surface area contributed by atoms with Crippen molar-refractivity contribution in [2.45, 2.75) is 6.42 Å². The van der Waals surface area contributed by atoms with E-state index < -0.39 is 11.6 Å². The number of hydrogen-bond donors (Lipinski definition) is 2. The molecule has 0 saturated heterocycles. The van der Waals surface area contributed by atoms with Crippen LogP contribution in [0.4, 0.5) is 0 Å². The van der Waals surface area contributed by atoms with Gasteiger partial charge >= 0.3 is 0 Å². The van der Waals surface area contributed by atoms with Gasteiger partial charge < -0.3 is 14.9 Å². The molecule has 0 amide bonds. The van der Waals surface area contributed by atoms with Crippen molar-refractivity contribution in [3.63, 3.8) is 0 Å². The van der Waals surface area contributed by atoms with Crippen molar-refractivity contribution in [1.29, 1.82) is 0 Å². The Hall–Kier alpha value is -1.36. The molecule has 2 N–H and O–H groups in total. The van der Waals surface area contributed by atoms with Gasteiger partial charge in [-0.2, -0.15) is 4.98 Å². The largest absolute Gasteiger partial charge is 0.502 e. The summed E-state index contributed by atoms with van der Waals surface area (Å²) in [7, 11) is 1.56. The highest BCUT2D eigenvalue weighted by Gasteiger charge is 2.03. The van der Waals surface area contributed by atoms with E-state index in [-0.39, 0.29) is 0 Å². The summed E-state index contributed by atoms with van der Waals surface area (Å²) in [5.41, 5.74) is 0. The molecule has 0 atom stereocenters. The normalized spacial score (nSPS) is 10.1. The zero-order valence-corrected chi connectivity index (χ0v) is 6.61. The predicted octanol–water partition coefficient (Wildman–Crippen LogP) is -0.123. The lowest BCUT2D eigenvalue weighted by Gasteiger charge is -1.99. The highest BCUT2D eigenvalue weighted by molar-refractivity contribution is 5.26. The molecule has 0 saturated carbocycles. The molecular formula is C7H9N2O3. The van der Waals surface area contributed by atoms with E-state index >= 15 is 0 Å². The number of rotatable bonds is 3. The van der Waals surface area contributed by atoms with E-state index in [1.54, 1.807) is 7.11 Å². The molecule has 65 valence electrons. The van der Waals surface area contributed by atoms with E-state index in [1.807, 2.05) is 0 Å². The summed E-state index contributed by atoms with van der Waals surface area (Å²) in [5.74, 6) is -0.487. The van der Waals surface area contributed by atoms with Crippen LogP contribution in [0.25, 0.3) is 0 Å². The van der Waals surface area contributed by atoms with Gasteiger partial charge in [0, 0.05) is 13.5 Å². The van der Waals surface area contributed by atoms with Crippen molar-refractivity contribution in [3.05, 3.63) is 12.0 Å². The summed E-state index contributed by atoms with van der Waals surface area (Å²) in [6.45, 7) is 0.470. The first kappa shape index (κ1) is 8.73. The van der Waals surface area contributed by atoms with Gasteiger partial charge in [0.1, 0.15) is 12.0 Å². The van der Waals surface area contributed by atoms with Crippen LogP contribution in [0.1, 0.15) is 5.82 Å². The summed E-state index contributed by atoms with van der Waals surface area (Å²) in [4.78, 5) is 7.24. The average Bonchev–Trinajstić information content (AvgIpc) is 2.07. The standard InChI is InChI=1S/C7H9N2O3/c1-12-3-2-6-8-4-5(10)7(11)9-6/h10H,2-3H2,1H3,(H,8,9,11). The maximum absolute atomic E-state index is 8.93. The molecule has 5 heteroatoms. The van der Waals surface area contributed by atoms with Crippen LogP contribution in [0.15, 0.2) is 0 Å². The third kappa shape index (κ3) is 2.06. The second-order valence-electron chi connectivity index (χ2n) is 2.17. The fourth-order valence-electron chi connectivity index (χ4n) is 0.673. The zero-order chi connectivity index (χ0) is 8.97. The summed E-state index contributed by atoms with van der Waals surface area (Å²) >= 11 is 0. The van der Waals surface area contributed by atoms with E-state index in [9.17, 15) is 0 Å². The van der Waals surface area contributed by atoms with Crippen molar-refractivity contribution < 1.29 is 14.9 Å². The Morgan fingerprint density at radius 2 is 2.25 bits per heavy atom. The lowest BCUT2D eigenvalue weighted by atomic mass is 10.4. The Labute approximate surface area is 69.7 Å². The molecule has 0 unspecified atom stereocenters. The predicted molar refractivity (Wildman–Crippen MR) is 39.8 cm³/mol. The minimum Gasteiger partial charge on any atom is -0.502 e. The molecule has 0 fully saturated rings. The van der Waals surface area contributed by atoms with Crippen LogP contribution in [-0.4, -0.2) is 33.9 Å². The van der Waals surface area contributed by atoms with E-state index in [2.05, 4.69) is 16.2 Å². The van der Waals surface area contributed by atoms with Gasteiger partial charge in [0.2, 0.25) is 5.75 Å². The van der Waals surface area contributed by atoms with Crippen LogP contribution in [-0.2, 0) is 11.2 Å². The molecule has 0 aromatic carbocycles. The first-order valence-electron chi connectivity index (χ1n) is 3.39. The van der Waals surface area contributed by atoms with Crippen LogP contribution < -0.4 is 0 Å². The number of hydrogen-bond acceptors (Lipinski definition) is 5. The van der Waals surface area contributed by atoms with Gasteiger partial charge in [-0.05, 0) is 0 Å². The quantitative estimate of drug-likeness (QED) is 0.659. The third-order valence-corrected chi connectivity index (χ3v) is 1.27. The molecule has 0 aliphatic heterocycles. The van der Waals surface area contributed by atoms with Crippen LogP contribution in [0.2, 0.25) is 0 Å². The Kier molecular flexibility index (Phi) is 2.82. The second kappa shape index (κ2) is 3.87. The SMILES string of the molecule is COCCc1n[c]c(O)c(O)n1. The topological polar surface area (TPSA) is 75.5 Å². The summed E-state index contributed by atoms with van der Waals surface area (Å²) in [6, 6.07) is 0. The highest BCUT2D eigenvalue weighted by Crippen LogP contribution is 2.18. The molecule has 1 aromatic rings. The van der Waals surface area contributed by atoms with E-state index in [0.29, 0.717) is 18.9 Å². The summed E-state index contributed by atoms with van der Waals surface area (Å²) < 4.78 is 4.78. The van der Waals surface area contributed by atoms with Crippen molar-refractivity contribution in [2.24, 2.45) is 0 Å². The average molecular weight is 169 g/mol. The fourth-order valence-corrected chi connectivity index (χ4v) is 0.673. The second-order valence-corrected chi connectivity index (χ2v) is 2.17. The Morgan fingerprint density at radius 3 is 2.83 bits per heavy atom. The Balaban J connectivity index is 2.69. The van der Waals surface area contributed by atoms with Crippen LogP contribution >= 0.6 is 0 Å². The number of aromatic hydroxyl groups is 2. The molecule has 0 aliphatic carbocycles. The minimum absolute atomic E-state index is 0.396. The van der Waals surface area contributed by atoms with Gasteiger partial charge in [-0.1, -0.05) is 0 Å². The molecule has 0 aliphatic rings. The number of methoxy groups -OCH3 is 1. The van der Waals surface area contributed by atoms with Crippen molar-refractivity contribution in [3.8, 4) is 11.6 Å². The number of aromatic nitrogens is 2. The maximum atomic E-state index is 8.93. The number of nitrogens with zero attached hydrogens (tertiary/aromatic N) is 2. The van der Waals surface area contributed by atoms with Gasteiger partial charge in [0.15, 0.2) is 0 Å². The van der Waals surface area contributed by atoms with Crippen LogP contribution in [0.3, 0.4) is 0 Å². The first-order chi connectivity index (χ1) is 5.74. The molecule has 5 nitrogen and oxygen atoms in total. The molecule has 0 spiro atoms. The van der Waals surface area contributed by atoms with E-state index in [4.69, 9.17) is 14.9 Å². The van der Waals surface area contributed by atoms with Crippen LogP contribution in [0.5, 0.6) is 11.6 Å². The molecular weight excluding hydrogens is 160 g/mol. The van der Waals surface area contributed by atoms with Gasteiger partial charge in [-0.3, -0.25) is 0 Å². The van der Waals surface area contributed by atoms with Crippen molar-refractivity contribution in [2.75, 3.05) is 13.7 Å². The van der Waals surface area contributed by atoms with E-state index in [0.717, 1.165) is 0 Å². The molecule has 12 heavy (non-hydrogen) atoms. The molecule has 1 radical (unpaired) electrons. The Morgan fingerprint density at radius 1 is 1.50 bits per heavy atom. The monoisotopic (exact) mass is 169 g/mol. The highest BCUT2D eigenvalue weighted by atomic mass is 16.5. The van der Waals surface area contributed by atoms with Crippen molar-refractivity contribution in [1.82, 2.24) is 9.97 Å². The molecule has 0 bridgehead atoms. The van der Waals surface area contributed by atoms with Gasteiger partial charge in [-0.15, -0.1) is 0 Å². The maximum Gasteiger partial charge on any atom is 0.258 e. The third-order valence-electron chi connectivity index (χ3n) is 1.27. The zero-order valence-electron chi connectivity index (χ0n) is 6.61. The number of ether oxygens (including phenoxy) is 1. The van der Waals surface area contributed by atoms with Crippen LogP contribution in [0, 0.1) is 6.20 Å². The summed E-state index contributed by atoms with van der Waals surface area (Å²) in [5, 5.41) is 17.7. The minimum atomic E-state index is -0.448. The van der Waals surface area contributed by atoms with E-state index in [1.165, 1.54) is 0 Å². The van der Waals surface area contributed by atoms with Gasteiger partial charge in [-0.25, -0.2) is 4.98 Å². The van der Waals surface area contributed by atoms with Crippen molar-refractivity contribution >= 4 is 0 Å². The molecule has 1 aromatic heterocycles. The lowest BCUT2D eigenvalue weighted by Crippen LogP contribution is -2.00. The first-order valence-corrected chi connectivity index (χ1v) is 3.39. The van der Waals surface area contributed by atoms with Gasteiger partial charge in [0.25, 0.3) is 5.88 Å².